The maximum atomic E-state index is 12.3. The molecule has 1 rings (SSSR count). The summed E-state index contributed by atoms with van der Waals surface area (Å²) in [7, 11) is 1.37. The van der Waals surface area contributed by atoms with E-state index in [1.807, 2.05) is 7.05 Å². The van der Waals surface area contributed by atoms with Gasteiger partial charge < -0.3 is 5.32 Å². The summed E-state index contributed by atoms with van der Waals surface area (Å²) in [6.07, 6.45) is 4.70. The molecule has 1 aliphatic rings. The van der Waals surface area contributed by atoms with Crippen molar-refractivity contribution in [3.8, 4) is 0 Å². The fourth-order valence-electron chi connectivity index (χ4n) is 2.45. The lowest BCUT2D eigenvalue weighted by atomic mass is 9.87. The normalized spacial score (nSPS) is 32.9. The molecule has 3 heteroatoms. The number of rotatable bonds is 5. The topological polar surface area (TPSA) is 29.1 Å². The molecule has 0 bridgehead atoms. The fraction of sp³-hybridized carbons (Fsp3) is 1.00. The van der Waals surface area contributed by atoms with Crippen molar-refractivity contribution in [2.45, 2.75) is 57.7 Å². The van der Waals surface area contributed by atoms with Crippen LogP contribution >= 0.6 is 0 Å². The van der Waals surface area contributed by atoms with Gasteiger partial charge in [-0.1, -0.05) is 20.8 Å². The predicted molar refractivity (Wildman–Crippen MR) is 72.1 cm³/mol. The molecule has 96 valence electrons. The second kappa shape index (κ2) is 6.75. The molecule has 1 aliphatic carbocycles. The van der Waals surface area contributed by atoms with Crippen LogP contribution in [-0.2, 0) is 10.8 Å². The van der Waals surface area contributed by atoms with Crippen molar-refractivity contribution in [1.29, 1.82) is 0 Å². The third-order valence-electron chi connectivity index (χ3n) is 3.66. The van der Waals surface area contributed by atoms with E-state index in [2.05, 4.69) is 26.1 Å². The molecule has 1 N–H and O–H groups in total. The average Bonchev–Trinajstić information content (AvgIpc) is 2.25. The summed E-state index contributed by atoms with van der Waals surface area (Å²) in [5.41, 5.74) is 0. The van der Waals surface area contributed by atoms with Crippen molar-refractivity contribution >= 4 is 10.8 Å². The second-order valence-corrected chi connectivity index (χ2v) is 7.39. The molecule has 0 aromatic heterocycles. The third-order valence-corrected chi connectivity index (χ3v) is 5.49. The van der Waals surface area contributed by atoms with Crippen LogP contribution in [0.2, 0.25) is 0 Å². The lowest BCUT2D eigenvalue weighted by Crippen LogP contribution is -2.45. The van der Waals surface area contributed by atoms with Crippen LogP contribution in [0.4, 0.5) is 0 Å². The monoisotopic (exact) mass is 245 g/mol. The highest BCUT2D eigenvalue weighted by molar-refractivity contribution is 7.85. The highest BCUT2D eigenvalue weighted by Crippen LogP contribution is 2.28. The molecule has 0 aromatic carbocycles. The molecule has 4 atom stereocenters. The standard InChI is InChI=1S/C13H27NOS/c1-10(2)7-8-16(15)13-9-11(3)5-6-12(13)14-4/h10-14H,5-9H2,1-4H3. The summed E-state index contributed by atoms with van der Waals surface area (Å²) in [5.74, 6) is 2.29. The van der Waals surface area contributed by atoms with E-state index in [1.165, 1.54) is 12.8 Å². The van der Waals surface area contributed by atoms with E-state index in [0.717, 1.165) is 24.5 Å². The largest absolute Gasteiger partial charge is 0.316 e. The molecule has 0 amide bonds. The molecule has 0 spiro atoms. The minimum Gasteiger partial charge on any atom is -0.316 e. The number of nitrogens with one attached hydrogen (secondary N) is 1. The third kappa shape index (κ3) is 4.17. The minimum absolute atomic E-state index is 0.382. The van der Waals surface area contributed by atoms with Crippen molar-refractivity contribution < 1.29 is 4.21 Å². The van der Waals surface area contributed by atoms with Gasteiger partial charge in [-0.15, -0.1) is 0 Å². The van der Waals surface area contributed by atoms with Crippen molar-refractivity contribution in [3.05, 3.63) is 0 Å². The summed E-state index contributed by atoms with van der Waals surface area (Å²) >= 11 is 0. The highest BCUT2D eigenvalue weighted by atomic mass is 32.2. The zero-order valence-corrected chi connectivity index (χ0v) is 12.0. The van der Waals surface area contributed by atoms with Crippen molar-refractivity contribution in [2.24, 2.45) is 11.8 Å². The summed E-state index contributed by atoms with van der Waals surface area (Å²) < 4.78 is 12.3. The molecule has 1 saturated carbocycles. The van der Waals surface area contributed by atoms with Crippen LogP contribution in [0.15, 0.2) is 0 Å². The van der Waals surface area contributed by atoms with Crippen LogP contribution in [0.25, 0.3) is 0 Å². The van der Waals surface area contributed by atoms with Crippen LogP contribution in [-0.4, -0.2) is 28.3 Å². The maximum Gasteiger partial charge on any atom is 0.0503 e. The first-order valence-electron chi connectivity index (χ1n) is 6.59. The van der Waals surface area contributed by atoms with Crippen molar-refractivity contribution in [1.82, 2.24) is 5.32 Å². The van der Waals surface area contributed by atoms with Crippen LogP contribution in [0, 0.1) is 11.8 Å². The lowest BCUT2D eigenvalue weighted by Gasteiger charge is -2.34. The summed E-state index contributed by atoms with van der Waals surface area (Å²) in [5, 5.41) is 3.73. The quantitative estimate of drug-likeness (QED) is 0.806. The van der Waals surface area contributed by atoms with Gasteiger partial charge in [-0.2, -0.15) is 0 Å². The van der Waals surface area contributed by atoms with Crippen LogP contribution in [0.1, 0.15) is 46.5 Å². The zero-order chi connectivity index (χ0) is 12.1. The highest BCUT2D eigenvalue weighted by Gasteiger charge is 2.31. The number of hydrogen-bond donors (Lipinski definition) is 1. The summed E-state index contributed by atoms with van der Waals surface area (Å²) in [6, 6.07) is 0.476. The van der Waals surface area contributed by atoms with E-state index in [0.29, 0.717) is 17.2 Å². The molecule has 0 aromatic rings. The molecule has 0 heterocycles. The first-order chi connectivity index (χ1) is 7.54. The van der Waals surface area contributed by atoms with Gasteiger partial charge in [0.05, 0.1) is 5.25 Å². The van der Waals surface area contributed by atoms with Gasteiger partial charge in [0.15, 0.2) is 0 Å². The van der Waals surface area contributed by atoms with E-state index in [9.17, 15) is 4.21 Å². The van der Waals surface area contributed by atoms with E-state index < -0.39 is 10.8 Å². The van der Waals surface area contributed by atoms with Gasteiger partial charge in [-0.25, -0.2) is 0 Å². The first kappa shape index (κ1) is 14.2. The van der Waals surface area contributed by atoms with Gasteiger partial charge in [0, 0.05) is 22.6 Å². The van der Waals surface area contributed by atoms with Gasteiger partial charge in [0.25, 0.3) is 0 Å². The van der Waals surface area contributed by atoms with Gasteiger partial charge in [-0.3, -0.25) is 4.21 Å². The molecule has 0 aliphatic heterocycles. The molecular formula is C13H27NOS. The Kier molecular flexibility index (Phi) is 5.98. The van der Waals surface area contributed by atoms with Crippen LogP contribution in [0.5, 0.6) is 0 Å². The lowest BCUT2D eigenvalue weighted by molar-refractivity contribution is 0.324. The predicted octanol–water partition coefficient (Wildman–Crippen LogP) is 2.56. The first-order valence-corrected chi connectivity index (χ1v) is 7.97. The zero-order valence-electron chi connectivity index (χ0n) is 11.2. The molecule has 0 radical (unpaired) electrons. The summed E-state index contributed by atoms with van der Waals surface area (Å²) in [4.78, 5) is 0. The van der Waals surface area contributed by atoms with Gasteiger partial charge in [0.1, 0.15) is 0 Å². The molecule has 2 nitrogen and oxygen atoms in total. The fourth-order valence-corrected chi connectivity index (χ4v) is 4.64. The molecule has 16 heavy (non-hydrogen) atoms. The van der Waals surface area contributed by atoms with Gasteiger partial charge in [0.2, 0.25) is 0 Å². The minimum atomic E-state index is -0.640. The second-order valence-electron chi connectivity index (χ2n) is 5.62. The van der Waals surface area contributed by atoms with E-state index >= 15 is 0 Å². The Morgan fingerprint density at radius 1 is 1.38 bits per heavy atom. The molecule has 0 saturated heterocycles. The van der Waals surface area contributed by atoms with E-state index in [1.54, 1.807) is 0 Å². The summed E-state index contributed by atoms with van der Waals surface area (Å²) in [6.45, 7) is 6.70. The Hall–Kier alpha value is 0.110. The smallest absolute Gasteiger partial charge is 0.0503 e. The average molecular weight is 245 g/mol. The Bertz CT molecular complexity index is 230. The number of hydrogen-bond acceptors (Lipinski definition) is 2. The SMILES string of the molecule is CNC1CCC(C)CC1S(=O)CCC(C)C. The van der Waals surface area contributed by atoms with Gasteiger partial charge in [-0.05, 0) is 44.6 Å². The van der Waals surface area contributed by atoms with Gasteiger partial charge >= 0.3 is 0 Å². The molecule has 1 fully saturated rings. The van der Waals surface area contributed by atoms with Crippen LogP contribution < -0.4 is 5.32 Å². The maximum absolute atomic E-state index is 12.3. The Labute approximate surface area is 103 Å². The Morgan fingerprint density at radius 3 is 2.62 bits per heavy atom. The Balaban J connectivity index is 2.49. The van der Waals surface area contributed by atoms with E-state index in [-0.39, 0.29) is 0 Å². The Morgan fingerprint density at radius 2 is 2.06 bits per heavy atom. The van der Waals surface area contributed by atoms with Crippen molar-refractivity contribution in [3.63, 3.8) is 0 Å². The molecular weight excluding hydrogens is 218 g/mol. The molecule has 4 unspecified atom stereocenters. The van der Waals surface area contributed by atoms with Crippen LogP contribution in [0.3, 0.4) is 0 Å². The van der Waals surface area contributed by atoms with E-state index in [4.69, 9.17) is 0 Å². The van der Waals surface area contributed by atoms with Crippen molar-refractivity contribution in [2.75, 3.05) is 12.8 Å².